The third kappa shape index (κ3) is 4.52. The quantitative estimate of drug-likeness (QED) is 0.351. The van der Waals surface area contributed by atoms with E-state index in [0.717, 1.165) is 32.6 Å². The standard InChI is InChI=1S/C22H18N2OS3/c1-15-23-20(14-27-15)17-6-8-18(9-7-17)24-22(25)19-4-2-3-5-21(19)28-13-16-10-11-26-12-16/h2-12,14H,13H2,1H3,(H,24,25). The molecule has 3 nitrogen and oxygen atoms in total. The number of aryl methyl sites for hydroxylation is 1. The van der Waals surface area contributed by atoms with Crippen molar-refractivity contribution < 1.29 is 4.79 Å². The second-order valence-electron chi connectivity index (χ2n) is 6.20. The monoisotopic (exact) mass is 422 g/mol. The Morgan fingerprint density at radius 2 is 1.89 bits per heavy atom. The number of thioether (sulfide) groups is 1. The lowest BCUT2D eigenvalue weighted by Crippen LogP contribution is -2.12. The van der Waals surface area contributed by atoms with Crippen LogP contribution in [0.4, 0.5) is 5.69 Å². The molecule has 0 bridgehead atoms. The van der Waals surface area contributed by atoms with Crippen molar-refractivity contribution in [2.75, 3.05) is 5.32 Å². The number of benzene rings is 2. The van der Waals surface area contributed by atoms with Gasteiger partial charge in [0.05, 0.1) is 16.3 Å². The molecular formula is C22H18N2OS3. The molecule has 0 spiro atoms. The second kappa shape index (κ2) is 8.73. The highest BCUT2D eigenvalue weighted by molar-refractivity contribution is 7.98. The first-order valence-electron chi connectivity index (χ1n) is 8.76. The molecule has 2 heterocycles. The van der Waals surface area contributed by atoms with Crippen LogP contribution in [0.15, 0.2) is 75.6 Å². The van der Waals surface area contributed by atoms with Crippen LogP contribution in [0, 0.1) is 6.92 Å². The zero-order chi connectivity index (χ0) is 19.3. The fourth-order valence-corrected chi connectivity index (χ4v) is 5.12. The maximum Gasteiger partial charge on any atom is 0.256 e. The van der Waals surface area contributed by atoms with Gasteiger partial charge in [0.1, 0.15) is 0 Å². The second-order valence-corrected chi connectivity index (χ2v) is 9.06. The highest BCUT2D eigenvalue weighted by Crippen LogP contribution is 2.28. The molecule has 0 fully saturated rings. The van der Waals surface area contributed by atoms with E-state index in [1.54, 1.807) is 34.4 Å². The summed E-state index contributed by atoms with van der Waals surface area (Å²) in [6.07, 6.45) is 0. The van der Waals surface area contributed by atoms with Gasteiger partial charge in [-0.15, -0.1) is 23.1 Å². The Labute approximate surface area is 176 Å². The van der Waals surface area contributed by atoms with Crippen LogP contribution in [0.25, 0.3) is 11.3 Å². The fraction of sp³-hybridized carbons (Fsp3) is 0.0909. The Balaban J connectivity index is 1.46. The van der Waals surface area contributed by atoms with Gasteiger partial charge < -0.3 is 5.32 Å². The van der Waals surface area contributed by atoms with Crippen molar-refractivity contribution >= 4 is 46.0 Å². The largest absolute Gasteiger partial charge is 0.322 e. The molecule has 0 aliphatic rings. The zero-order valence-corrected chi connectivity index (χ0v) is 17.7. The minimum absolute atomic E-state index is 0.0920. The SMILES string of the molecule is Cc1nc(-c2ccc(NC(=O)c3ccccc3SCc3ccsc3)cc2)cs1. The van der Waals surface area contributed by atoms with E-state index in [4.69, 9.17) is 0 Å². The number of hydrogen-bond acceptors (Lipinski definition) is 5. The van der Waals surface area contributed by atoms with Crippen molar-refractivity contribution in [1.82, 2.24) is 4.98 Å². The topological polar surface area (TPSA) is 42.0 Å². The van der Waals surface area contributed by atoms with Gasteiger partial charge in [0.25, 0.3) is 5.91 Å². The Morgan fingerprint density at radius 3 is 2.61 bits per heavy atom. The van der Waals surface area contributed by atoms with E-state index in [2.05, 4.69) is 27.1 Å². The van der Waals surface area contributed by atoms with Crippen LogP contribution in [-0.2, 0) is 5.75 Å². The number of carbonyl (C=O) groups excluding carboxylic acids is 1. The van der Waals surface area contributed by atoms with Crippen molar-refractivity contribution in [1.29, 1.82) is 0 Å². The van der Waals surface area contributed by atoms with E-state index in [1.807, 2.05) is 60.8 Å². The number of anilines is 1. The normalized spacial score (nSPS) is 10.8. The van der Waals surface area contributed by atoms with Gasteiger partial charge in [-0.05, 0) is 53.6 Å². The average Bonchev–Trinajstić information content (AvgIpc) is 3.39. The molecule has 1 amide bonds. The van der Waals surface area contributed by atoms with Gasteiger partial charge >= 0.3 is 0 Å². The minimum Gasteiger partial charge on any atom is -0.322 e. The number of aromatic nitrogens is 1. The third-order valence-electron chi connectivity index (χ3n) is 4.16. The number of rotatable bonds is 6. The number of nitrogens with zero attached hydrogens (tertiary/aromatic N) is 1. The van der Waals surface area contributed by atoms with Crippen LogP contribution >= 0.6 is 34.4 Å². The molecule has 0 aliphatic heterocycles. The summed E-state index contributed by atoms with van der Waals surface area (Å²) in [5.74, 6) is 0.765. The van der Waals surface area contributed by atoms with Crippen LogP contribution < -0.4 is 5.32 Å². The van der Waals surface area contributed by atoms with Crippen molar-refractivity contribution in [3.63, 3.8) is 0 Å². The lowest BCUT2D eigenvalue weighted by molar-refractivity contribution is 0.102. The first-order valence-corrected chi connectivity index (χ1v) is 11.6. The van der Waals surface area contributed by atoms with Crippen LogP contribution in [0.3, 0.4) is 0 Å². The average molecular weight is 423 g/mol. The van der Waals surface area contributed by atoms with Crippen molar-refractivity contribution in [2.24, 2.45) is 0 Å². The zero-order valence-electron chi connectivity index (χ0n) is 15.2. The Bertz CT molecular complexity index is 1070. The number of carbonyl (C=O) groups is 1. The van der Waals surface area contributed by atoms with Crippen LogP contribution in [0.1, 0.15) is 20.9 Å². The molecule has 0 saturated carbocycles. The lowest BCUT2D eigenvalue weighted by Gasteiger charge is -2.10. The summed E-state index contributed by atoms with van der Waals surface area (Å²) in [5, 5.41) is 10.3. The molecule has 28 heavy (non-hydrogen) atoms. The molecule has 4 rings (SSSR count). The number of thiophene rings is 1. The number of thiazole rings is 1. The van der Waals surface area contributed by atoms with Gasteiger partial charge in [-0.1, -0.05) is 24.3 Å². The van der Waals surface area contributed by atoms with Crippen LogP contribution in [-0.4, -0.2) is 10.9 Å². The van der Waals surface area contributed by atoms with Crippen molar-refractivity contribution in [2.45, 2.75) is 17.6 Å². The van der Waals surface area contributed by atoms with Gasteiger partial charge in [0, 0.05) is 27.3 Å². The molecule has 6 heteroatoms. The van der Waals surface area contributed by atoms with Crippen molar-refractivity contribution in [3.05, 3.63) is 86.9 Å². The predicted molar refractivity (Wildman–Crippen MR) is 121 cm³/mol. The van der Waals surface area contributed by atoms with Crippen molar-refractivity contribution in [3.8, 4) is 11.3 Å². The number of hydrogen-bond donors (Lipinski definition) is 1. The van der Waals surface area contributed by atoms with E-state index in [0.29, 0.717) is 5.56 Å². The molecule has 2 aromatic carbocycles. The van der Waals surface area contributed by atoms with Gasteiger partial charge in [-0.3, -0.25) is 4.79 Å². The highest BCUT2D eigenvalue weighted by atomic mass is 32.2. The first kappa shape index (κ1) is 18.9. The van der Waals surface area contributed by atoms with Gasteiger partial charge in [-0.25, -0.2) is 4.98 Å². The third-order valence-corrected chi connectivity index (χ3v) is 6.81. The maximum atomic E-state index is 12.8. The molecule has 140 valence electrons. The Hall–Kier alpha value is -2.41. The molecule has 0 atom stereocenters. The molecule has 0 unspecified atom stereocenters. The summed E-state index contributed by atoms with van der Waals surface area (Å²) in [5.41, 5.74) is 4.77. The summed E-state index contributed by atoms with van der Waals surface area (Å²) in [4.78, 5) is 18.3. The first-order chi connectivity index (χ1) is 13.7. The van der Waals surface area contributed by atoms with Crippen LogP contribution in [0.5, 0.6) is 0 Å². The van der Waals surface area contributed by atoms with Gasteiger partial charge in [0.15, 0.2) is 0 Å². The van der Waals surface area contributed by atoms with Crippen LogP contribution in [0.2, 0.25) is 0 Å². The van der Waals surface area contributed by atoms with Gasteiger partial charge in [0.2, 0.25) is 0 Å². The Morgan fingerprint density at radius 1 is 1.07 bits per heavy atom. The van der Waals surface area contributed by atoms with E-state index < -0.39 is 0 Å². The molecule has 0 aliphatic carbocycles. The summed E-state index contributed by atoms with van der Waals surface area (Å²) in [6, 6.07) is 17.7. The number of nitrogens with one attached hydrogen (secondary N) is 1. The fourth-order valence-electron chi connectivity index (χ4n) is 2.73. The maximum absolute atomic E-state index is 12.8. The van der Waals surface area contributed by atoms with Gasteiger partial charge in [-0.2, -0.15) is 11.3 Å². The molecular weight excluding hydrogens is 404 g/mol. The minimum atomic E-state index is -0.0920. The molecule has 0 radical (unpaired) electrons. The lowest BCUT2D eigenvalue weighted by atomic mass is 10.1. The summed E-state index contributed by atoms with van der Waals surface area (Å²) < 4.78 is 0. The smallest absolute Gasteiger partial charge is 0.256 e. The highest BCUT2D eigenvalue weighted by Gasteiger charge is 2.12. The summed E-state index contributed by atoms with van der Waals surface area (Å²) >= 11 is 5.01. The van der Waals surface area contributed by atoms with E-state index in [-0.39, 0.29) is 5.91 Å². The van der Waals surface area contributed by atoms with E-state index in [9.17, 15) is 4.79 Å². The predicted octanol–water partition coefficient (Wildman–Crippen LogP) is 6.72. The number of amides is 1. The van der Waals surface area contributed by atoms with E-state index >= 15 is 0 Å². The molecule has 2 aromatic heterocycles. The molecule has 0 saturated heterocycles. The summed E-state index contributed by atoms with van der Waals surface area (Å²) in [7, 11) is 0. The molecule has 4 aromatic rings. The Kier molecular flexibility index (Phi) is 5.90. The molecule has 1 N–H and O–H groups in total. The van der Waals surface area contributed by atoms with E-state index in [1.165, 1.54) is 5.56 Å². The summed E-state index contributed by atoms with van der Waals surface area (Å²) in [6.45, 7) is 2.00.